The molecule has 0 amide bonds. The molecule has 5 N–H and O–H groups in total. The zero-order valence-electron chi connectivity index (χ0n) is 15.1. The maximum absolute atomic E-state index is 6.00. The number of hydrogen-bond donors (Lipinski definition) is 4. The average molecular weight is 354 g/mol. The van der Waals surface area contributed by atoms with Gasteiger partial charge in [-0.1, -0.05) is 12.1 Å². The van der Waals surface area contributed by atoms with E-state index in [9.17, 15) is 0 Å². The highest BCUT2D eigenvalue weighted by Crippen LogP contribution is 2.31. The maximum atomic E-state index is 6.00. The van der Waals surface area contributed by atoms with E-state index in [0.717, 1.165) is 35.7 Å². The van der Waals surface area contributed by atoms with Crippen molar-refractivity contribution in [3.63, 3.8) is 0 Å². The Morgan fingerprint density at radius 3 is 2.92 bits per heavy atom. The molecule has 3 aromatic heterocycles. The summed E-state index contributed by atoms with van der Waals surface area (Å²) in [6.45, 7) is 3.28. The van der Waals surface area contributed by atoms with Crippen molar-refractivity contribution in [1.29, 1.82) is 0 Å². The third-order valence-electron chi connectivity index (χ3n) is 5.48. The Balaban J connectivity index is 1.53. The summed E-state index contributed by atoms with van der Waals surface area (Å²) in [5, 5.41) is 22.0. The molecule has 0 aromatic carbocycles. The van der Waals surface area contributed by atoms with Crippen LogP contribution in [0.1, 0.15) is 56.2 Å². The summed E-state index contributed by atoms with van der Waals surface area (Å²) in [6, 6.07) is 4.53. The van der Waals surface area contributed by atoms with Gasteiger partial charge >= 0.3 is 0 Å². The first-order valence-corrected chi connectivity index (χ1v) is 9.41. The first-order valence-electron chi connectivity index (χ1n) is 9.41. The van der Waals surface area contributed by atoms with Crippen LogP contribution >= 0.6 is 0 Å². The predicted octanol–water partition coefficient (Wildman–Crippen LogP) is 2.35. The Morgan fingerprint density at radius 1 is 1.31 bits per heavy atom. The molecule has 3 aromatic rings. The number of pyridine rings is 1. The van der Waals surface area contributed by atoms with Crippen LogP contribution in [-0.4, -0.2) is 43.2 Å². The molecule has 8 heteroatoms. The van der Waals surface area contributed by atoms with Gasteiger partial charge in [0.15, 0.2) is 5.65 Å². The van der Waals surface area contributed by atoms with Crippen LogP contribution in [0.25, 0.3) is 11.2 Å². The van der Waals surface area contributed by atoms with Crippen molar-refractivity contribution in [1.82, 2.24) is 35.9 Å². The summed E-state index contributed by atoms with van der Waals surface area (Å²) in [6.07, 6.45) is 7.95. The van der Waals surface area contributed by atoms with Gasteiger partial charge < -0.3 is 11.1 Å². The van der Waals surface area contributed by atoms with E-state index in [1.165, 1.54) is 25.7 Å². The van der Waals surface area contributed by atoms with E-state index in [4.69, 9.17) is 5.73 Å². The molecule has 1 unspecified atom stereocenters. The van der Waals surface area contributed by atoms with Gasteiger partial charge in [-0.3, -0.25) is 5.10 Å². The van der Waals surface area contributed by atoms with Gasteiger partial charge in [0.2, 0.25) is 0 Å². The number of nitrogen functional groups attached to an aromatic ring is 1. The Labute approximate surface area is 152 Å². The Hall–Kier alpha value is -2.48. The van der Waals surface area contributed by atoms with Gasteiger partial charge in [-0.15, -0.1) is 5.10 Å². The number of anilines is 1. The number of H-pyrrole nitrogens is 2. The minimum Gasteiger partial charge on any atom is -0.384 e. The minimum absolute atomic E-state index is 0.0918. The second kappa shape index (κ2) is 7.41. The number of aromatic nitrogens is 6. The van der Waals surface area contributed by atoms with E-state index in [1.54, 1.807) is 0 Å². The normalized spacial score (nSPS) is 21.9. The maximum Gasteiger partial charge on any atom is 0.178 e. The Bertz CT molecular complexity index is 832. The molecule has 0 saturated heterocycles. The van der Waals surface area contributed by atoms with Crippen LogP contribution in [0.4, 0.5) is 5.82 Å². The van der Waals surface area contributed by atoms with Crippen LogP contribution in [0.2, 0.25) is 0 Å². The lowest BCUT2D eigenvalue weighted by atomic mass is 9.87. The number of rotatable bonds is 6. The highest BCUT2D eigenvalue weighted by atomic mass is 15.3. The van der Waals surface area contributed by atoms with Crippen molar-refractivity contribution in [2.45, 2.75) is 51.0 Å². The summed E-state index contributed by atoms with van der Waals surface area (Å²) in [7, 11) is 0. The first-order chi connectivity index (χ1) is 12.7. The zero-order chi connectivity index (χ0) is 17.9. The topological polar surface area (TPSA) is 121 Å². The standard InChI is InChI=1S/C18H26N8/c1-11-2-4-12(5-3-11)20-8-6-13(15-7-9-21-23-15)14-10-16(19)22-18-17(14)24-26-25-18/h7,9-13,20H,2-6,8H2,1H3,(H,21,23)(H3,19,22,24,25,26)/t11-,12-,13?. The summed E-state index contributed by atoms with van der Waals surface area (Å²) in [5.74, 6) is 1.42. The number of nitrogens with zero attached hydrogens (tertiary/aromatic N) is 4. The van der Waals surface area contributed by atoms with Gasteiger partial charge in [-0.25, -0.2) is 10.1 Å². The van der Waals surface area contributed by atoms with Crippen LogP contribution in [0, 0.1) is 5.92 Å². The minimum atomic E-state index is 0.0918. The highest BCUT2D eigenvalue weighted by molar-refractivity contribution is 5.76. The van der Waals surface area contributed by atoms with Crippen molar-refractivity contribution in [2.75, 3.05) is 12.3 Å². The molecule has 1 fully saturated rings. The van der Waals surface area contributed by atoms with Gasteiger partial charge in [0.1, 0.15) is 11.3 Å². The van der Waals surface area contributed by atoms with Crippen molar-refractivity contribution in [2.24, 2.45) is 5.92 Å². The van der Waals surface area contributed by atoms with Gasteiger partial charge in [0.25, 0.3) is 0 Å². The van der Waals surface area contributed by atoms with Crippen molar-refractivity contribution >= 4 is 17.0 Å². The third kappa shape index (κ3) is 3.55. The smallest absolute Gasteiger partial charge is 0.178 e. The zero-order valence-corrected chi connectivity index (χ0v) is 15.1. The van der Waals surface area contributed by atoms with Crippen LogP contribution in [0.3, 0.4) is 0 Å². The third-order valence-corrected chi connectivity index (χ3v) is 5.48. The number of nitrogens with one attached hydrogen (secondary N) is 3. The first kappa shape index (κ1) is 17.0. The van der Waals surface area contributed by atoms with Crippen LogP contribution in [-0.2, 0) is 0 Å². The molecule has 1 atom stereocenters. The molecule has 1 aliphatic rings. The molecule has 0 aliphatic heterocycles. The lowest BCUT2D eigenvalue weighted by Gasteiger charge is -2.27. The molecular weight excluding hydrogens is 328 g/mol. The molecular formula is C18H26N8. The van der Waals surface area contributed by atoms with Gasteiger partial charge in [-0.05, 0) is 62.3 Å². The van der Waals surface area contributed by atoms with Crippen LogP contribution in [0.15, 0.2) is 18.3 Å². The van der Waals surface area contributed by atoms with Crippen LogP contribution in [0.5, 0.6) is 0 Å². The summed E-state index contributed by atoms with van der Waals surface area (Å²) >= 11 is 0. The number of hydrogen-bond acceptors (Lipinski definition) is 6. The fourth-order valence-corrected chi connectivity index (χ4v) is 3.97. The molecule has 138 valence electrons. The molecule has 4 rings (SSSR count). The summed E-state index contributed by atoms with van der Waals surface area (Å²) < 4.78 is 0. The van der Waals surface area contributed by atoms with Gasteiger partial charge in [0.05, 0.1) is 5.69 Å². The summed E-state index contributed by atoms with van der Waals surface area (Å²) in [4.78, 5) is 4.27. The van der Waals surface area contributed by atoms with E-state index in [2.05, 4.69) is 42.8 Å². The second-order valence-corrected chi connectivity index (χ2v) is 7.40. The number of aromatic amines is 2. The van der Waals surface area contributed by atoms with Crippen LogP contribution < -0.4 is 11.1 Å². The fraction of sp³-hybridized carbons (Fsp3) is 0.556. The average Bonchev–Trinajstić information content (AvgIpc) is 3.31. The molecule has 3 heterocycles. The predicted molar refractivity (Wildman–Crippen MR) is 101 cm³/mol. The second-order valence-electron chi connectivity index (χ2n) is 7.40. The number of nitrogens with two attached hydrogens (primary N) is 1. The Morgan fingerprint density at radius 2 is 2.15 bits per heavy atom. The van der Waals surface area contributed by atoms with E-state index in [-0.39, 0.29) is 5.92 Å². The molecule has 1 aliphatic carbocycles. The highest BCUT2D eigenvalue weighted by Gasteiger charge is 2.23. The van der Waals surface area contributed by atoms with E-state index in [1.807, 2.05) is 18.3 Å². The fourth-order valence-electron chi connectivity index (χ4n) is 3.97. The SMILES string of the molecule is C[C@H]1CC[C@H](NCCC(c2cc[nH]n2)c2cc(N)nc3[nH]nnc23)CC1. The van der Waals surface area contributed by atoms with Gasteiger partial charge in [0, 0.05) is 18.2 Å². The van der Waals surface area contributed by atoms with Crippen molar-refractivity contribution < 1.29 is 0 Å². The quantitative estimate of drug-likeness (QED) is 0.539. The van der Waals surface area contributed by atoms with E-state index < -0.39 is 0 Å². The Kier molecular flexibility index (Phi) is 4.83. The number of fused-ring (bicyclic) bond motifs is 1. The largest absolute Gasteiger partial charge is 0.384 e. The molecule has 0 bridgehead atoms. The molecule has 0 radical (unpaired) electrons. The monoisotopic (exact) mass is 354 g/mol. The lowest BCUT2D eigenvalue weighted by molar-refractivity contribution is 0.306. The molecule has 26 heavy (non-hydrogen) atoms. The van der Waals surface area contributed by atoms with Crippen molar-refractivity contribution in [3.8, 4) is 0 Å². The van der Waals surface area contributed by atoms with Gasteiger partial charge in [-0.2, -0.15) is 5.10 Å². The molecule has 0 spiro atoms. The molecule has 1 saturated carbocycles. The lowest BCUT2D eigenvalue weighted by Crippen LogP contribution is -2.34. The molecule has 8 nitrogen and oxygen atoms in total. The van der Waals surface area contributed by atoms with E-state index >= 15 is 0 Å². The van der Waals surface area contributed by atoms with E-state index in [0.29, 0.717) is 17.5 Å². The summed E-state index contributed by atoms with van der Waals surface area (Å²) in [5.41, 5.74) is 9.39. The van der Waals surface area contributed by atoms with Crippen molar-refractivity contribution in [3.05, 3.63) is 29.6 Å².